The predicted octanol–water partition coefficient (Wildman–Crippen LogP) is 2.88. The van der Waals surface area contributed by atoms with Gasteiger partial charge in [0.15, 0.2) is 6.10 Å². The molecule has 9 nitrogen and oxygen atoms in total. The normalized spacial score (nSPS) is 12.5. The number of hydrogen-bond donors (Lipinski definition) is 2. The Morgan fingerprint density at radius 1 is 1.12 bits per heavy atom. The number of pyridine rings is 1. The highest BCUT2D eigenvalue weighted by Gasteiger charge is 2.25. The number of para-hydroxylation sites is 1. The number of benzene rings is 2. The molecule has 0 unspecified atom stereocenters. The maximum absolute atomic E-state index is 13.8. The standard InChI is InChI=1S/C23H24FN3O6S/c1-4-27(5-2)34(31,32)15-10-11-19-16(12-15)17(13-21(28)25-19)23(30)33-14(3)22(29)26-20-9-7-6-8-18(20)24/h6-14H,4-5H2,1-3H3,(H,25,28)(H,26,29)/t14-/m0/s1. The number of fused-ring (bicyclic) bond motifs is 1. The first-order valence-electron chi connectivity index (χ1n) is 10.5. The topological polar surface area (TPSA) is 126 Å². The van der Waals surface area contributed by atoms with Gasteiger partial charge in [-0.3, -0.25) is 9.59 Å². The molecule has 0 radical (unpaired) electrons. The summed E-state index contributed by atoms with van der Waals surface area (Å²) in [7, 11) is -3.83. The molecule has 0 saturated heterocycles. The lowest BCUT2D eigenvalue weighted by atomic mass is 10.1. The molecule has 0 aliphatic carbocycles. The molecule has 0 fully saturated rings. The molecule has 11 heteroatoms. The van der Waals surface area contributed by atoms with E-state index in [0.29, 0.717) is 0 Å². The molecule has 1 heterocycles. The monoisotopic (exact) mass is 489 g/mol. The van der Waals surface area contributed by atoms with Crippen LogP contribution in [-0.2, 0) is 19.6 Å². The molecule has 0 saturated carbocycles. The van der Waals surface area contributed by atoms with E-state index < -0.39 is 39.4 Å². The van der Waals surface area contributed by atoms with Gasteiger partial charge in [0.25, 0.3) is 5.91 Å². The van der Waals surface area contributed by atoms with Crippen LogP contribution >= 0.6 is 0 Å². The van der Waals surface area contributed by atoms with Gasteiger partial charge in [0.05, 0.1) is 16.1 Å². The van der Waals surface area contributed by atoms with Crippen LogP contribution in [0, 0.1) is 5.82 Å². The number of halogens is 1. The Morgan fingerprint density at radius 3 is 2.44 bits per heavy atom. The van der Waals surface area contributed by atoms with Crippen LogP contribution in [0.25, 0.3) is 10.9 Å². The van der Waals surface area contributed by atoms with Gasteiger partial charge in [0.2, 0.25) is 15.6 Å². The lowest BCUT2D eigenvalue weighted by Gasteiger charge is -2.19. The number of rotatable bonds is 8. The molecule has 1 aromatic heterocycles. The summed E-state index contributed by atoms with van der Waals surface area (Å²) in [5, 5.41) is 2.46. The SMILES string of the molecule is CCN(CC)S(=O)(=O)c1ccc2[nH]c(=O)cc(C(=O)O[C@@H](C)C(=O)Nc3ccccc3F)c2c1. The maximum atomic E-state index is 13.8. The van der Waals surface area contributed by atoms with Crippen molar-refractivity contribution in [1.29, 1.82) is 0 Å². The largest absolute Gasteiger partial charge is 0.449 e. The molecular formula is C23H24FN3O6S. The second kappa shape index (κ2) is 10.1. The quantitative estimate of drug-likeness (QED) is 0.469. The van der Waals surface area contributed by atoms with Gasteiger partial charge in [-0.15, -0.1) is 0 Å². The minimum Gasteiger partial charge on any atom is -0.449 e. The molecule has 0 spiro atoms. The summed E-state index contributed by atoms with van der Waals surface area (Å²) >= 11 is 0. The average molecular weight is 490 g/mol. The van der Waals surface area contributed by atoms with Gasteiger partial charge >= 0.3 is 5.97 Å². The summed E-state index contributed by atoms with van der Waals surface area (Å²) < 4.78 is 46.1. The Morgan fingerprint density at radius 2 is 1.79 bits per heavy atom. The van der Waals surface area contributed by atoms with Gasteiger partial charge < -0.3 is 15.0 Å². The maximum Gasteiger partial charge on any atom is 0.339 e. The third-order valence-electron chi connectivity index (χ3n) is 5.16. The number of carbonyl (C=O) groups excluding carboxylic acids is 2. The summed E-state index contributed by atoms with van der Waals surface area (Å²) in [6.07, 6.45) is -1.33. The number of H-pyrrole nitrogens is 1. The van der Waals surface area contributed by atoms with Gasteiger partial charge in [-0.1, -0.05) is 26.0 Å². The molecule has 1 atom stereocenters. The first-order valence-corrected chi connectivity index (χ1v) is 12.0. The molecule has 1 amide bonds. The number of hydrogen-bond acceptors (Lipinski definition) is 6. The number of nitrogens with zero attached hydrogens (tertiary/aromatic N) is 1. The summed E-state index contributed by atoms with van der Waals surface area (Å²) in [5.74, 6) is -2.45. The lowest BCUT2D eigenvalue weighted by Crippen LogP contribution is -2.31. The number of aromatic nitrogens is 1. The van der Waals surface area contributed by atoms with Gasteiger partial charge in [-0.2, -0.15) is 4.31 Å². The zero-order chi connectivity index (χ0) is 25.0. The predicted molar refractivity (Wildman–Crippen MR) is 125 cm³/mol. The van der Waals surface area contributed by atoms with Crippen molar-refractivity contribution in [2.75, 3.05) is 18.4 Å². The van der Waals surface area contributed by atoms with Gasteiger partial charge in [-0.25, -0.2) is 17.6 Å². The summed E-state index contributed by atoms with van der Waals surface area (Å²) in [4.78, 5) is 39.8. The minimum absolute atomic E-state index is 0.0601. The van der Waals surface area contributed by atoms with E-state index in [9.17, 15) is 27.2 Å². The first kappa shape index (κ1) is 25.1. The van der Waals surface area contributed by atoms with Crippen LogP contribution in [0.5, 0.6) is 0 Å². The molecule has 0 bridgehead atoms. The minimum atomic E-state index is -3.83. The number of anilines is 1. The lowest BCUT2D eigenvalue weighted by molar-refractivity contribution is -0.123. The van der Waals surface area contributed by atoms with Gasteiger partial charge in [0.1, 0.15) is 5.82 Å². The van der Waals surface area contributed by atoms with E-state index in [1.54, 1.807) is 13.8 Å². The third-order valence-corrected chi connectivity index (χ3v) is 7.21. The van der Waals surface area contributed by atoms with Crippen LogP contribution in [-0.4, -0.2) is 48.8 Å². The third kappa shape index (κ3) is 5.15. The van der Waals surface area contributed by atoms with E-state index >= 15 is 0 Å². The Balaban J connectivity index is 1.93. The number of ether oxygens (including phenoxy) is 1. The zero-order valence-electron chi connectivity index (χ0n) is 18.8. The molecule has 2 N–H and O–H groups in total. The summed E-state index contributed by atoms with van der Waals surface area (Å²) in [6.45, 7) is 5.21. The fourth-order valence-corrected chi connectivity index (χ4v) is 4.83. The van der Waals surface area contributed by atoms with Gasteiger partial charge in [-0.05, 0) is 37.3 Å². The average Bonchev–Trinajstić information content (AvgIpc) is 2.80. The second-order valence-corrected chi connectivity index (χ2v) is 9.30. The van der Waals surface area contributed by atoms with Crippen LogP contribution < -0.4 is 10.9 Å². The van der Waals surface area contributed by atoms with Crippen LogP contribution in [0.3, 0.4) is 0 Å². The van der Waals surface area contributed by atoms with Crippen molar-refractivity contribution in [3.8, 4) is 0 Å². The zero-order valence-corrected chi connectivity index (χ0v) is 19.6. The van der Waals surface area contributed by atoms with E-state index in [1.165, 1.54) is 53.7 Å². The highest BCUT2D eigenvalue weighted by atomic mass is 32.2. The van der Waals surface area contributed by atoms with Crippen molar-refractivity contribution in [2.24, 2.45) is 0 Å². The number of sulfonamides is 1. The Labute approximate surface area is 195 Å². The number of carbonyl (C=O) groups is 2. The molecule has 2 aromatic carbocycles. The Hall–Kier alpha value is -3.57. The molecular weight excluding hydrogens is 465 g/mol. The fourth-order valence-electron chi connectivity index (χ4n) is 3.35. The van der Waals surface area contributed by atoms with Crippen molar-refractivity contribution in [3.05, 3.63) is 70.3 Å². The van der Waals surface area contributed by atoms with E-state index in [4.69, 9.17) is 4.74 Å². The molecule has 3 aromatic rings. The number of esters is 1. The summed E-state index contributed by atoms with van der Waals surface area (Å²) in [5.41, 5.74) is -0.673. The van der Waals surface area contributed by atoms with Crippen molar-refractivity contribution in [2.45, 2.75) is 31.8 Å². The van der Waals surface area contributed by atoms with E-state index in [0.717, 1.165) is 6.07 Å². The van der Waals surface area contributed by atoms with Crippen molar-refractivity contribution in [3.63, 3.8) is 0 Å². The van der Waals surface area contributed by atoms with Crippen LogP contribution in [0.15, 0.2) is 58.2 Å². The Bertz CT molecular complexity index is 1400. The first-order chi connectivity index (χ1) is 16.1. The van der Waals surface area contributed by atoms with Crippen LogP contribution in [0.1, 0.15) is 31.1 Å². The van der Waals surface area contributed by atoms with Gasteiger partial charge in [0, 0.05) is 30.1 Å². The van der Waals surface area contributed by atoms with Crippen molar-refractivity contribution >= 4 is 38.5 Å². The molecule has 0 aliphatic heterocycles. The fraction of sp³-hybridized carbons (Fsp3) is 0.261. The van der Waals surface area contributed by atoms with Crippen LogP contribution in [0.4, 0.5) is 10.1 Å². The highest BCUT2D eigenvalue weighted by Crippen LogP contribution is 2.24. The number of aromatic amines is 1. The Kier molecular flexibility index (Phi) is 7.48. The van der Waals surface area contributed by atoms with Crippen molar-refractivity contribution < 1.29 is 27.1 Å². The molecule has 3 rings (SSSR count). The van der Waals surface area contributed by atoms with E-state index in [-0.39, 0.29) is 40.1 Å². The van der Waals surface area contributed by atoms with Crippen molar-refractivity contribution in [1.82, 2.24) is 9.29 Å². The second-order valence-electron chi connectivity index (χ2n) is 7.36. The molecule has 0 aliphatic rings. The van der Waals surface area contributed by atoms with E-state index in [2.05, 4.69) is 10.3 Å². The summed E-state index contributed by atoms with van der Waals surface area (Å²) in [6, 6.07) is 10.5. The van der Waals surface area contributed by atoms with Crippen LogP contribution in [0.2, 0.25) is 0 Å². The smallest absolute Gasteiger partial charge is 0.339 e. The van der Waals surface area contributed by atoms with E-state index in [1.807, 2.05) is 0 Å². The number of nitrogens with one attached hydrogen (secondary N) is 2. The highest BCUT2D eigenvalue weighted by molar-refractivity contribution is 7.89. The molecule has 34 heavy (non-hydrogen) atoms. The number of amides is 1. The molecule has 180 valence electrons.